The van der Waals surface area contributed by atoms with Crippen LogP contribution in [0.1, 0.15) is 0 Å². The van der Waals surface area contributed by atoms with Crippen LogP contribution < -0.4 is 24.0 Å². The molecule has 1 aliphatic rings. The molecule has 1 saturated heterocycles. The Kier molecular flexibility index (Phi) is 5.41. The number of piperazine rings is 1. The number of benzene rings is 2. The maximum Gasteiger partial charge on any atom is 0.324 e. The van der Waals surface area contributed by atoms with Crippen LogP contribution in [0.25, 0.3) is 11.4 Å². The van der Waals surface area contributed by atoms with E-state index in [9.17, 15) is 0 Å². The van der Waals surface area contributed by atoms with E-state index in [0.717, 1.165) is 43.2 Å². The fraction of sp³-hybridized carbons (Fsp3) is 0.333. The zero-order valence-electron chi connectivity index (χ0n) is 16.8. The van der Waals surface area contributed by atoms with Crippen LogP contribution in [0.4, 0.5) is 11.7 Å². The molecule has 0 spiro atoms. The Hall–Kier alpha value is -3.42. The van der Waals surface area contributed by atoms with E-state index in [0.29, 0.717) is 23.3 Å². The molecule has 8 heteroatoms. The van der Waals surface area contributed by atoms with Gasteiger partial charge in [0.25, 0.3) is 0 Å². The van der Waals surface area contributed by atoms with Crippen LogP contribution in [0, 0.1) is 0 Å². The van der Waals surface area contributed by atoms with E-state index in [4.69, 9.17) is 18.7 Å². The van der Waals surface area contributed by atoms with E-state index >= 15 is 0 Å². The predicted octanol–water partition coefficient (Wildman–Crippen LogP) is 3.09. The van der Waals surface area contributed by atoms with Crippen LogP contribution >= 0.6 is 0 Å². The summed E-state index contributed by atoms with van der Waals surface area (Å²) in [6, 6.07) is 14.2. The minimum absolute atomic E-state index is 0.475. The first-order valence-electron chi connectivity index (χ1n) is 9.43. The molecular formula is C21H24N4O4. The molecule has 0 N–H and O–H groups in total. The quantitative estimate of drug-likeness (QED) is 0.629. The third-order valence-electron chi connectivity index (χ3n) is 5.04. The molecule has 0 unspecified atom stereocenters. The van der Waals surface area contributed by atoms with Crippen molar-refractivity contribution >= 4 is 11.7 Å². The maximum absolute atomic E-state index is 5.54. The van der Waals surface area contributed by atoms with Crippen molar-refractivity contribution < 1.29 is 18.7 Å². The molecular weight excluding hydrogens is 372 g/mol. The van der Waals surface area contributed by atoms with Gasteiger partial charge < -0.3 is 28.5 Å². The van der Waals surface area contributed by atoms with Gasteiger partial charge in [0.1, 0.15) is 5.75 Å². The fourth-order valence-electron chi connectivity index (χ4n) is 3.55. The van der Waals surface area contributed by atoms with E-state index in [-0.39, 0.29) is 0 Å². The van der Waals surface area contributed by atoms with Crippen molar-refractivity contribution in [2.45, 2.75) is 0 Å². The van der Waals surface area contributed by atoms with Gasteiger partial charge >= 0.3 is 6.01 Å². The molecule has 0 amide bonds. The second-order valence-electron chi connectivity index (χ2n) is 6.59. The topological polar surface area (TPSA) is 73.1 Å². The lowest BCUT2D eigenvalue weighted by Gasteiger charge is -2.35. The summed E-state index contributed by atoms with van der Waals surface area (Å²) in [4.78, 5) is 8.98. The number of ether oxygens (including phenoxy) is 3. The molecule has 1 fully saturated rings. The van der Waals surface area contributed by atoms with Crippen molar-refractivity contribution in [2.24, 2.45) is 0 Å². The minimum atomic E-state index is 0.475. The van der Waals surface area contributed by atoms with E-state index in [2.05, 4.69) is 26.0 Å². The fourth-order valence-corrected chi connectivity index (χ4v) is 3.55. The molecule has 2 aromatic carbocycles. The molecule has 152 valence electrons. The highest BCUT2D eigenvalue weighted by molar-refractivity contribution is 5.69. The molecule has 0 atom stereocenters. The first-order valence-corrected chi connectivity index (χ1v) is 9.43. The van der Waals surface area contributed by atoms with Crippen LogP contribution in [0.15, 0.2) is 47.0 Å². The standard InChI is InChI=1S/C21H24N4O4/c1-26-17-9-5-4-8-16(17)24-11-13-25(14-12-24)21-22-20(23-29-21)15-7-6-10-18(27-2)19(15)28-3/h4-10H,11-14H2,1-3H3. The number of para-hydroxylation sites is 3. The number of anilines is 2. The lowest BCUT2D eigenvalue weighted by molar-refractivity contribution is 0.355. The first kappa shape index (κ1) is 18.9. The summed E-state index contributed by atoms with van der Waals surface area (Å²) in [5.74, 6) is 2.57. The highest BCUT2D eigenvalue weighted by atomic mass is 16.5. The van der Waals surface area contributed by atoms with Gasteiger partial charge in [-0.2, -0.15) is 4.98 Å². The van der Waals surface area contributed by atoms with Crippen molar-refractivity contribution in [3.8, 4) is 28.6 Å². The van der Waals surface area contributed by atoms with Crippen LogP contribution in [0.3, 0.4) is 0 Å². The van der Waals surface area contributed by atoms with Gasteiger partial charge in [-0.1, -0.05) is 23.4 Å². The van der Waals surface area contributed by atoms with Gasteiger partial charge in [-0.25, -0.2) is 0 Å². The smallest absolute Gasteiger partial charge is 0.324 e. The van der Waals surface area contributed by atoms with E-state index in [1.807, 2.05) is 36.4 Å². The zero-order valence-corrected chi connectivity index (χ0v) is 16.8. The summed E-state index contributed by atoms with van der Waals surface area (Å²) >= 11 is 0. The van der Waals surface area contributed by atoms with Crippen molar-refractivity contribution in [3.63, 3.8) is 0 Å². The molecule has 0 bridgehead atoms. The van der Waals surface area contributed by atoms with E-state index in [1.165, 1.54) is 0 Å². The van der Waals surface area contributed by atoms with Gasteiger partial charge in [0, 0.05) is 26.2 Å². The summed E-state index contributed by atoms with van der Waals surface area (Å²) in [6.07, 6.45) is 0. The number of hydrogen-bond donors (Lipinski definition) is 0. The van der Waals surface area contributed by atoms with Crippen molar-refractivity contribution in [2.75, 3.05) is 57.3 Å². The average Bonchev–Trinajstić information content (AvgIpc) is 3.28. The number of methoxy groups -OCH3 is 3. The summed E-state index contributed by atoms with van der Waals surface area (Å²) < 4.78 is 21.9. The molecule has 0 saturated carbocycles. The van der Waals surface area contributed by atoms with Gasteiger partial charge in [-0.05, 0) is 24.3 Å². The molecule has 0 radical (unpaired) electrons. The van der Waals surface area contributed by atoms with Gasteiger partial charge in [-0.3, -0.25) is 0 Å². The van der Waals surface area contributed by atoms with Crippen LogP contribution in [-0.4, -0.2) is 57.6 Å². The average molecular weight is 396 g/mol. The second-order valence-corrected chi connectivity index (χ2v) is 6.59. The minimum Gasteiger partial charge on any atom is -0.495 e. The SMILES string of the molecule is COc1ccccc1N1CCN(c2nc(-c3cccc(OC)c3OC)no2)CC1. The summed E-state index contributed by atoms with van der Waals surface area (Å²) in [5.41, 5.74) is 1.83. The Labute approximate surface area is 169 Å². The van der Waals surface area contributed by atoms with Crippen molar-refractivity contribution in [3.05, 3.63) is 42.5 Å². The normalized spacial score (nSPS) is 14.0. The van der Waals surface area contributed by atoms with Gasteiger partial charge in [-0.15, -0.1) is 0 Å². The molecule has 2 heterocycles. The third-order valence-corrected chi connectivity index (χ3v) is 5.04. The third kappa shape index (κ3) is 3.65. The predicted molar refractivity (Wildman–Crippen MR) is 110 cm³/mol. The Morgan fingerprint density at radius 3 is 2.21 bits per heavy atom. The van der Waals surface area contributed by atoms with Gasteiger partial charge in [0.05, 0.1) is 32.6 Å². The summed E-state index contributed by atoms with van der Waals surface area (Å²) in [6.45, 7) is 3.21. The molecule has 4 rings (SSSR count). The maximum atomic E-state index is 5.54. The summed E-state index contributed by atoms with van der Waals surface area (Å²) in [7, 11) is 4.89. The monoisotopic (exact) mass is 396 g/mol. The molecule has 1 aliphatic heterocycles. The number of nitrogens with zero attached hydrogens (tertiary/aromatic N) is 4. The first-order chi connectivity index (χ1) is 14.2. The zero-order chi connectivity index (χ0) is 20.2. The Morgan fingerprint density at radius 2 is 1.48 bits per heavy atom. The Morgan fingerprint density at radius 1 is 0.793 bits per heavy atom. The van der Waals surface area contributed by atoms with Gasteiger partial charge in [0.2, 0.25) is 5.82 Å². The van der Waals surface area contributed by atoms with Crippen LogP contribution in [0.5, 0.6) is 17.2 Å². The molecule has 1 aromatic heterocycles. The van der Waals surface area contributed by atoms with Crippen molar-refractivity contribution in [1.29, 1.82) is 0 Å². The molecule has 8 nitrogen and oxygen atoms in total. The van der Waals surface area contributed by atoms with Gasteiger partial charge in [0.15, 0.2) is 11.5 Å². The molecule has 3 aromatic rings. The summed E-state index contributed by atoms with van der Waals surface area (Å²) in [5, 5.41) is 4.15. The molecule has 29 heavy (non-hydrogen) atoms. The lowest BCUT2D eigenvalue weighted by Crippen LogP contribution is -2.46. The van der Waals surface area contributed by atoms with Crippen molar-refractivity contribution in [1.82, 2.24) is 10.1 Å². The molecule has 0 aliphatic carbocycles. The number of hydrogen-bond acceptors (Lipinski definition) is 8. The van der Waals surface area contributed by atoms with Crippen LogP contribution in [0.2, 0.25) is 0 Å². The largest absolute Gasteiger partial charge is 0.495 e. The Bertz CT molecular complexity index is 967. The Balaban J connectivity index is 1.49. The highest BCUT2D eigenvalue weighted by Gasteiger charge is 2.24. The number of rotatable bonds is 6. The van der Waals surface area contributed by atoms with E-state index < -0.39 is 0 Å². The lowest BCUT2D eigenvalue weighted by atomic mass is 10.1. The number of aromatic nitrogens is 2. The second kappa shape index (κ2) is 8.30. The highest BCUT2D eigenvalue weighted by Crippen LogP contribution is 2.37. The van der Waals surface area contributed by atoms with E-state index in [1.54, 1.807) is 21.3 Å². The van der Waals surface area contributed by atoms with Crippen LogP contribution in [-0.2, 0) is 0 Å².